The van der Waals surface area contributed by atoms with Gasteiger partial charge < -0.3 is 5.32 Å². The quantitative estimate of drug-likeness (QED) is 0.725. The van der Waals surface area contributed by atoms with Gasteiger partial charge >= 0.3 is 0 Å². The van der Waals surface area contributed by atoms with Crippen molar-refractivity contribution in [3.63, 3.8) is 0 Å². The van der Waals surface area contributed by atoms with E-state index in [1.165, 1.54) is 11.3 Å². The summed E-state index contributed by atoms with van der Waals surface area (Å²) in [5.74, 6) is -0.375. The van der Waals surface area contributed by atoms with Crippen LogP contribution in [0, 0.1) is 0 Å². The molecule has 1 aliphatic rings. The molecule has 2 N–H and O–H groups in total. The lowest BCUT2D eigenvalue weighted by atomic mass is 10.1. The van der Waals surface area contributed by atoms with Gasteiger partial charge in [-0.05, 0) is 49.2 Å². The summed E-state index contributed by atoms with van der Waals surface area (Å²) in [6.45, 7) is 0. The summed E-state index contributed by atoms with van der Waals surface area (Å²) in [6, 6.07) is 12.4. The van der Waals surface area contributed by atoms with Crippen LogP contribution in [0.15, 0.2) is 42.5 Å². The fraction of sp³-hybridized carbons (Fsp3) is 0.167. The number of rotatable bonds is 4. The number of hydrogen-bond acceptors (Lipinski definition) is 4. The summed E-state index contributed by atoms with van der Waals surface area (Å²) >= 11 is 7.47. The molecule has 0 atom stereocenters. The Balaban J connectivity index is 1.48. The standard InChI is InChI=1S/C18H14ClN3O2S/c19-13-2-1-3-14-15(13)21-18(25-14)22-17(24)11-6-4-10(5-7-11)16(23)20-12-8-9-12/h1-7,12H,8-9H2,(H,20,23)(H,21,22,24). The Morgan fingerprint density at radius 2 is 1.72 bits per heavy atom. The van der Waals surface area contributed by atoms with E-state index < -0.39 is 0 Å². The molecule has 1 aromatic heterocycles. The SMILES string of the molecule is O=C(Nc1nc2c(Cl)cccc2s1)c1ccc(C(=O)NC2CC2)cc1. The minimum Gasteiger partial charge on any atom is -0.349 e. The predicted molar refractivity (Wildman–Crippen MR) is 99.5 cm³/mol. The first-order valence-electron chi connectivity index (χ1n) is 7.87. The zero-order chi connectivity index (χ0) is 17.4. The van der Waals surface area contributed by atoms with E-state index in [1.807, 2.05) is 12.1 Å². The molecule has 2 amide bonds. The fourth-order valence-corrected chi connectivity index (χ4v) is 3.57. The van der Waals surface area contributed by atoms with E-state index in [4.69, 9.17) is 11.6 Å². The number of nitrogens with zero attached hydrogens (tertiary/aromatic N) is 1. The topological polar surface area (TPSA) is 71.1 Å². The molecular formula is C18H14ClN3O2S. The first kappa shape index (κ1) is 16.1. The van der Waals surface area contributed by atoms with Gasteiger partial charge in [0.2, 0.25) is 0 Å². The van der Waals surface area contributed by atoms with Crippen LogP contribution in [-0.2, 0) is 0 Å². The van der Waals surface area contributed by atoms with Gasteiger partial charge in [0.1, 0.15) is 5.52 Å². The smallest absolute Gasteiger partial charge is 0.257 e. The van der Waals surface area contributed by atoms with Crippen molar-refractivity contribution in [2.45, 2.75) is 18.9 Å². The fourth-order valence-electron chi connectivity index (χ4n) is 2.41. The average Bonchev–Trinajstić information content (AvgIpc) is 3.32. The van der Waals surface area contributed by atoms with Gasteiger partial charge in [-0.25, -0.2) is 4.98 Å². The van der Waals surface area contributed by atoms with E-state index in [0.717, 1.165) is 17.5 Å². The number of para-hydroxylation sites is 1. The highest BCUT2D eigenvalue weighted by Gasteiger charge is 2.23. The second-order valence-corrected chi connectivity index (χ2v) is 7.32. The molecule has 0 saturated heterocycles. The number of halogens is 1. The van der Waals surface area contributed by atoms with Gasteiger partial charge in [0, 0.05) is 17.2 Å². The van der Waals surface area contributed by atoms with Gasteiger partial charge in [-0.2, -0.15) is 0 Å². The molecule has 0 radical (unpaired) electrons. The van der Waals surface area contributed by atoms with Crippen molar-refractivity contribution < 1.29 is 9.59 Å². The minimum absolute atomic E-state index is 0.102. The molecular weight excluding hydrogens is 358 g/mol. The lowest BCUT2D eigenvalue weighted by Crippen LogP contribution is -2.25. The van der Waals surface area contributed by atoms with Crippen LogP contribution < -0.4 is 10.6 Å². The maximum absolute atomic E-state index is 12.4. The van der Waals surface area contributed by atoms with Crippen molar-refractivity contribution in [3.05, 3.63) is 58.6 Å². The van der Waals surface area contributed by atoms with Crippen LogP contribution in [0.25, 0.3) is 10.2 Å². The van der Waals surface area contributed by atoms with Crippen molar-refractivity contribution in [1.82, 2.24) is 10.3 Å². The highest BCUT2D eigenvalue weighted by Crippen LogP contribution is 2.30. The van der Waals surface area contributed by atoms with Crippen LogP contribution in [0.4, 0.5) is 5.13 Å². The Bertz CT molecular complexity index is 964. The second kappa shape index (κ2) is 6.46. The number of anilines is 1. The third-order valence-corrected chi connectivity index (χ3v) is 5.15. The van der Waals surface area contributed by atoms with Gasteiger partial charge in [0.15, 0.2) is 5.13 Å². The highest BCUT2D eigenvalue weighted by atomic mass is 35.5. The molecule has 0 unspecified atom stereocenters. The monoisotopic (exact) mass is 371 g/mol. The molecule has 7 heteroatoms. The number of carbonyl (C=O) groups is 2. The summed E-state index contributed by atoms with van der Waals surface area (Å²) < 4.78 is 0.912. The molecule has 126 valence electrons. The molecule has 25 heavy (non-hydrogen) atoms. The molecule has 5 nitrogen and oxygen atoms in total. The number of carbonyl (C=O) groups excluding carboxylic acids is 2. The predicted octanol–water partition coefficient (Wildman–Crippen LogP) is 4.09. The Morgan fingerprint density at radius 1 is 1.04 bits per heavy atom. The third-order valence-electron chi connectivity index (χ3n) is 3.91. The van der Waals surface area contributed by atoms with Gasteiger partial charge in [0.25, 0.3) is 11.8 Å². The Kier molecular flexibility index (Phi) is 4.15. The number of amides is 2. The van der Waals surface area contributed by atoms with Crippen LogP contribution in [0.5, 0.6) is 0 Å². The molecule has 2 aromatic carbocycles. The zero-order valence-electron chi connectivity index (χ0n) is 13.1. The maximum Gasteiger partial charge on any atom is 0.257 e. The average molecular weight is 372 g/mol. The zero-order valence-corrected chi connectivity index (χ0v) is 14.7. The van der Waals surface area contributed by atoms with Crippen LogP contribution in [0.2, 0.25) is 5.02 Å². The van der Waals surface area contributed by atoms with Crippen LogP contribution in [0.1, 0.15) is 33.6 Å². The summed E-state index contributed by atoms with van der Waals surface area (Å²) in [5.41, 5.74) is 1.69. The van der Waals surface area contributed by atoms with Crippen molar-refractivity contribution in [3.8, 4) is 0 Å². The summed E-state index contributed by atoms with van der Waals surface area (Å²) in [5, 5.41) is 6.74. The van der Waals surface area contributed by atoms with Gasteiger partial charge in [-0.15, -0.1) is 0 Å². The number of thiazole rings is 1. The van der Waals surface area contributed by atoms with Crippen LogP contribution in [0.3, 0.4) is 0 Å². The van der Waals surface area contributed by atoms with Gasteiger partial charge in [-0.3, -0.25) is 14.9 Å². The first-order chi connectivity index (χ1) is 12.1. The third kappa shape index (κ3) is 3.50. The minimum atomic E-state index is -0.274. The molecule has 0 aliphatic heterocycles. The largest absolute Gasteiger partial charge is 0.349 e. The maximum atomic E-state index is 12.4. The number of hydrogen-bond donors (Lipinski definition) is 2. The van der Waals surface area contributed by atoms with E-state index in [9.17, 15) is 9.59 Å². The number of nitrogens with one attached hydrogen (secondary N) is 2. The van der Waals surface area contributed by atoms with Crippen molar-refractivity contribution in [2.24, 2.45) is 0 Å². The molecule has 4 rings (SSSR count). The lowest BCUT2D eigenvalue weighted by molar-refractivity contribution is 0.0949. The summed E-state index contributed by atoms with van der Waals surface area (Å²) in [4.78, 5) is 28.7. The number of benzene rings is 2. The van der Waals surface area contributed by atoms with Gasteiger partial charge in [-0.1, -0.05) is 29.0 Å². The van der Waals surface area contributed by atoms with Crippen LogP contribution in [-0.4, -0.2) is 22.8 Å². The Morgan fingerprint density at radius 3 is 2.36 bits per heavy atom. The lowest BCUT2D eigenvalue weighted by Gasteiger charge is -2.05. The summed E-state index contributed by atoms with van der Waals surface area (Å²) in [6.07, 6.45) is 2.08. The van der Waals surface area contributed by atoms with E-state index in [1.54, 1.807) is 30.3 Å². The molecule has 1 fully saturated rings. The Labute approximate surface area is 153 Å². The van der Waals surface area contributed by atoms with E-state index >= 15 is 0 Å². The van der Waals surface area contributed by atoms with Crippen molar-refractivity contribution in [1.29, 1.82) is 0 Å². The van der Waals surface area contributed by atoms with Gasteiger partial charge in [0.05, 0.1) is 9.72 Å². The van der Waals surface area contributed by atoms with E-state index in [2.05, 4.69) is 15.6 Å². The number of aromatic nitrogens is 1. The summed E-state index contributed by atoms with van der Waals surface area (Å²) in [7, 11) is 0. The molecule has 0 bridgehead atoms. The van der Waals surface area contributed by atoms with E-state index in [0.29, 0.717) is 32.8 Å². The van der Waals surface area contributed by atoms with Crippen molar-refractivity contribution >= 4 is 50.1 Å². The molecule has 1 heterocycles. The van der Waals surface area contributed by atoms with E-state index in [-0.39, 0.29) is 11.8 Å². The molecule has 1 aliphatic carbocycles. The highest BCUT2D eigenvalue weighted by molar-refractivity contribution is 7.22. The Hall–Kier alpha value is -2.44. The molecule has 1 saturated carbocycles. The second-order valence-electron chi connectivity index (χ2n) is 5.88. The normalized spacial score (nSPS) is 13.6. The van der Waals surface area contributed by atoms with Crippen molar-refractivity contribution in [2.75, 3.05) is 5.32 Å². The molecule has 3 aromatic rings. The molecule has 0 spiro atoms. The first-order valence-corrected chi connectivity index (χ1v) is 9.07. The van der Waals surface area contributed by atoms with Crippen LogP contribution >= 0.6 is 22.9 Å². The number of fused-ring (bicyclic) bond motifs is 1.